The second-order valence-corrected chi connectivity index (χ2v) is 13.5. The van der Waals surface area contributed by atoms with Gasteiger partial charge in [0, 0.05) is 37.4 Å². The Labute approximate surface area is 292 Å². The first-order valence-corrected chi connectivity index (χ1v) is 17.5. The highest BCUT2D eigenvalue weighted by Crippen LogP contribution is 2.43. The summed E-state index contributed by atoms with van der Waals surface area (Å²) in [5.74, 6) is 1.87. The molecule has 0 radical (unpaired) electrons. The van der Waals surface area contributed by atoms with Crippen molar-refractivity contribution >= 4 is 53.3 Å². The predicted octanol–water partition coefficient (Wildman–Crippen LogP) is 12.0. The van der Waals surface area contributed by atoms with Gasteiger partial charge in [0.1, 0.15) is 0 Å². The van der Waals surface area contributed by atoms with E-state index < -0.39 is 0 Å². The van der Waals surface area contributed by atoms with Gasteiger partial charge in [0.05, 0.1) is 15.7 Å². The van der Waals surface area contributed by atoms with E-state index in [2.05, 4.69) is 150 Å². The van der Waals surface area contributed by atoms with Gasteiger partial charge in [-0.15, -0.1) is 11.3 Å². The Morgan fingerprint density at radius 2 is 0.900 bits per heavy atom. The van der Waals surface area contributed by atoms with Gasteiger partial charge in [0.15, 0.2) is 11.6 Å². The minimum absolute atomic E-state index is 0.599. The monoisotopic (exact) mass is 656 g/mol. The summed E-state index contributed by atoms with van der Waals surface area (Å²) in [7, 11) is 0. The maximum Gasteiger partial charge on any atom is 0.238 e. The summed E-state index contributed by atoms with van der Waals surface area (Å²) >= 11 is 1.83. The number of benzene rings is 7. The summed E-state index contributed by atoms with van der Waals surface area (Å²) in [4.78, 5) is 15.5. The predicted molar refractivity (Wildman–Crippen MR) is 209 cm³/mol. The first-order valence-electron chi connectivity index (χ1n) is 16.7. The fraction of sp³-hybridized carbons (Fsp3) is 0. The van der Waals surface area contributed by atoms with Crippen molar-refractivity contribution in [2.45, 2.75) is 0 Å². The van der Waals surface area contributed by atoms with Gasteiger partial charge in [-0.05, 0) is 40.5 Å². The second-order valence-electron chi connectivity index (χ2n) is 12.5. The van der Waals surface area contributed by atoms with E-state index in [1.54, 1.807) is 0 Å². The van der Waals surface area contributed by atoms with Gasteiger partial charge in [-0.3, -0.25) is 4.57 Å². The van der Waals surface area contributed by atoms with E-state index in [-0.39, 0.29) is 0 Å². The number of rotatable bonds is 5. The summed E-state index contributed by atoms with van der Waals surface area (Å²) in [5, 5.41) is 4.83. The fourth-order valence-electron chi connectivity index (χ4n) is 7.05. The van der Waals surface area contributed by atoms with Crippen LogP contribution in [0.25, 0.3) is 93.0 Å². The van der Waals surface area contributed by atoms with E-state index in [9.17, 15) is 0 Å². The summed E-state index contributed by atoms with van der Waals surface area (Å²) in [6.45, 7) is 0. The van der Waals surface area contributed by atoms with Gasteiger partial charge in [-0.25, -0.2) is 4.98 Å². The Morgan fingerprint density at radius 1 is 0.380 bits per heavy atom. The van der Waals surface area contributed by atoms with Gasteiger partial charge in [0.25, 0.3) is 0 Å². The number of nitrogens with zero attached hydrogens (tertiary/aromatic N) is 4. The van der Waals surface area contributed by atoms with Crippen LogP contribution >= 0.6 is 11.3 Å². The van der Waals surface area contributed by atoms with Crippen LogP contribution in [0.15, 0.2) is 170 Å². The average molecular weight is 657 g/mol. The molecule has 0 saturated carbocycles. The molecule has 4 nitrogen and oxygen atoms in total. The highest BCUT2D eigenvalue weighted by Gasteiger charge is 2.21. The molecule has 3 heterocycles. The molecule has 0 aliphatic heterocycles. The van der Waals surface area contributed by atoms with Crippen LogP contribution in [0.4, 0.5) is 0 Å². The average Bonchev–Trinajstić information content (AvgIpc) is 3.74. The molecule has 10 aromatic rings. The van der Waals surface area contributed by atoms with Crippen LogP contribution in [0.3, 0.4) is 0 Å². The molecule has 0 saturated heterocycles. The van der Waals surface area contributed by atoms with Crippen molar-refractivity contribution in [3.05, 3.63) is 170 Å². The van der Waals surface area contributed by atoms with Crippen LogP contribution in [-0.2, 0) is 0 Å². The van der Waals surface area contributed by atoms with Crippen molar-refractivity contribution in [3.63, 3.8) is 0 Å². The molecule has 0 aliphatic carbocycles. The minimum atomic E-state index is 0.599. The summed E-state index contributed by atoms with van der Waals surface area (Å²) in [6.07, 6.45) is 0. The van der Waals surface area contributed by atoms with E-state index >= 15 is 0 Å². The summed E-state index contributed by atoms with van der Waals surface area (Å²) < 4.78 is 4.72. The molecule has 0 aliphatic rings. The topological polar surface area (TPSA) is 43.6 Å². The number of thiophene rings is 1. The molecule has 10 rings (SSSR count). The smallest absolute Gasteiger partial charge is 0.238 e. The zero-order valence-corrected chi connectivity index (χ0v) is 27.7. The quantitative estimate of drug-likeness (QED) is 0.185. The molecule has 0 atom stereocenters. The molecule has 5 heteroatoms. The Bertz CT molecular complexity index is 2840. The Balaban J connectivity index is 1.23. The van der Waals surface area contributed by atoms with Crippen LogP contribution in [0, 0.1) is 0 Å². The van der Waals surface area contributed by atoms with Crippen molar-refractivity contribution in [2.24, 2.45) is 0 Å². The Morgan fingerprint density at radius 3 is 1.60 bits per heavy atom. The molecular weight excluding hydrogens is 629 g/mol. The van der Waals surface area contributed by atoms with Crippen molar-refractivity contribution in [1.82, 2.24) is 19.5 Å². The molecule has 0 N–H and O–H groups in total. The molecule has 0 fully saturated rings. The number of aromatic nitrogens is 4. The van der Waals surface area contributed by atoms with Gasteiger partial charge in [0.2, 0.25) is 5.95 Å². The van der Waals surface area contributed by atoms with Crippen LogP contribution in [-0.4, -0.2) is 19.5 Å². The number of hydrogen-bond acceptors (Lipinski definition) is 4. The number of fused-ring (bicyclic) bond motifs is 7. The lowest BCUT2D eigenvalue weighted by Gasteiger charge is -2.11. The highest BCUT2D eigenvalue weighted by atomic mass is 32.1. The fourth-order valence-corrected chi connectivity index (χ4v) is 8.27. The highest BCUT2D eigenvalue weighted by molar-refractivity contribution is 7.26. The molecule has 0 amide bonds. The van der Waals surface area contributed by atoms with Crippen LogP contribution < -0.4 is 0 Å². The summed E-state index contributed by atoms with van der Waals surface area (Å²) in [6, 6.07) is 59.6. The third kappa shape index (κ3) is 4.71. The molecule has 0 unspecified atom stereocenters. The van der Waals surface area contributed by atoms with E-state index in [0.717, 1.165) is 27.7 Å². The minimum Gasteiger partial charge on any atom is -0.276 e. The van der Waals surface area contributed by atoms with Crippen molar-refractivity contribution in [3.8, 4) is 51.0 Å². The normalized spacial score (nSPS) is 11.6. The lowest BCUT2D eigenvalue weighted by Crippen LogP contribution is -2.06. The van der Waals surface area contributed by atoms with Gasteiger partial charge < -0.3 is 0 Å². The lowest BCUT2D eigenvalue weighted by molar-refractivity contribution is 0.955. The van der Waals surface area contributed by atoms with E-state index in [1.807, 2.05) is 35.6 Å². The van der Waals surface area contributed by atoms with Crippen molar-refractivity contribution < 1.29 is 0 Å². The van der Waals surface area contributed by atoms with Crippen LogP contribution in [0.5, 0.6) is 0 Å². The first-order chi connectivity index (χ1) is 24.8. The number of hydrogen-bond donors (Lipinski definition) is 0. The third-order valence-electron chi connectivity index (χ3n) is 9.48. The van der Waals surface area contributed by atoms with Crippen LogP contribution in [0.1, 0.15) is 0 Å². The van der Waals surface area contributed by atoms with Gasteiger partial charge in [-0.2, -0.15) is 9.97 Å². The maximum absolute atomic E-state index is 5.23. The van der Waals surface area contributed by atoms with Crippen molar-refractivity contribution in [1.29, 1.82) is 0 Å². The van der Waals surface area contributed by atoms with Crippen LogP contribution in [0.2, 0.25) is 0 Å². The third-order valence-corrected chi connectivity index (χ3v) is 10.7. The Kier molecular flexibility index (Phi) is 6.64. The lowest BCUT2D eigenvalue weighted by atomic mass is 10.0. The molecule has 234 valence electrons. The largest absolute Gasteiger partial charge is 0.276 e. The summed E-state index contributed by atoms with van der Waals surface area (Å²) in [5.41, 5.74) is 8.81. The maximum atomic E-state index is 5.23. The second kappa shape index (κ2) is 11.6. The Hall–Kier alpha value is -6.43. The zero-order valence-electron chi connectivity index (χ0n) is 26.9. The molecule has 0 bridgehead atoms. The first kappa shape index (κ1) is 28.6. The van der Waals surface area contributed by atoms with E-state index in [0.29, 0.717) is 17.6 Å². The molecular formula is C45H28N4S. The molecule has 50 heavy (non-hydrogen) atoms. The van der Waals surface area contributed by atoms with Gasteiger partial charge >= 0.3 is 0 Å². The molecule has 3 aromatic heterocycles. The van der Waals surface area contributed by atoms with Crippen molar-refractivity contribution in [2.75, 3.05) is 0 Å². The molecule has 7 aromatic carbocycles. The SMILES string of the molecule is c1ccc(-c2ccc(-c3nc(-c4ccccc4)nc(-n4c5ccccc5c5ccc6c7cc(-c8ccccc8)ccc7sc6c54)n3)cc2)cc1. The van der Waals surface area contributed by atoms with E-state index in [1.165, 1.54) is 47.6 Å². The molecule has 0 spiro atoms. The van der Waals surface area contributed by atoms with E-state index in [4.69, 9.17) is 15.0 Å². The van der Waals surface area contributed by atoms with Gasteiger partial charge in [-0.1, -0.05) is 152 Å². The zero-order chi connectivity index (χ0) is 33.0. The number of para-hydroxylation sites is 1. The standard InChI is InChI=1S/C45H28N4S/c1-4-12-29(13-5-1)31-20-22-33(23-21-31)44-46-43(32-16-8-3-9-17-32)47-45(48-44)49-39-19-11-10-18-35(39)36-25-26-37-38-28-34(30-14-6-2-7-15-30)24-27-40(38)50-42(37)41(36)49/h1-28H.